The second-order valence-corrected chi connectivity index (χ2v) is 5.79. The molecule has 0 aliphatic heterocycles. The summed E-state index contributed by atoms with van der Waals surface area (Å²) in [5.41, 5.74) is 2.30. The minimum Gasteiger partial charge on any atom is -0.444 e. The van der Waals surface area contributed by atoms with Gasteiger partial charge in [0.05, 0.1) is 5.69 Å². The SMILES string of the molecule is C[C@H](C#N)OC(=O)c1cn(-c2ccccc2)nc1-c1ccc(Cl)cc1. The number of carbonyl (C=O) groups excluding carboxylic acids is 1. The van der Waals surface area contributed by atoms with Crippen molar-refractivity contribution < 1.29 is 9.53 Å². The van der Waals surface area contributed by atoms with Crippen LogP contribution >= 0.6 is 11.6 Å². The summed E-state index contributed by atoms with van der Waals surface area (Å²) in [4.78, 5) is 12.5. The zero-order valence-corrected chi connectivity index (χ0v) is 14.1. The standard InChI is InChI=1S/C19H14ClN3O2/c1-13(11-21)25-19(24)17-12-23(16-5-3-2-4-6-16)22-18(17)14-7-9-15(20)10-8-14/h2-10,12-13H,1H3/t13-/m1/s1. The van der Waals surface area contributed by atoms with Gasteiger partial charge in [0.1, 0.15) is 17.3 Å². The molecule has 1 aromatic heterocycles. The van der Waals surface area contributed by atoms with Crippen molar-refractivity contribution in [2.24, 2.45) is 0 Å². The van der Waals surface area contributed by atoms with Crippen molar-refractivity contribution in [3.8, 4) is 23.0 Å². The van der Waals surface area contributed by atoms with Crippen molar-refractivity contribution in [3.63, 3.8) is 0 Å². The van der Waals surface area contributed by atoms with Crippen LogP contribution in [0, 0.1) is 11.3 Å². The van der Waals surface area contributed by atoms with Crippen LogP contribution in [0.4, 0.5) is 0 Å². The lowest BCUT2D eigenvalue weighted by atomic mass is 10.1. The van der Waals surface area contributed by atoms with Crippen LogP contribution in [-0.2, 0) is 4.74 Å². The number of para-hydroxylation sites is 1. The second kappa shape index (κ2) is 7.20. The predicted octanol–water partition coefficient (Wildman–Crippen LogP) is 4.26. The Labute approximate surface area is 150 Å². The molecule has 0 spiro atoms. The molecule has 0 unspecified atom stereocenters. The van der Waals surface area contributed by atoms with E-state index in [2.05, 4.69) is 5.10 Å². The number of carbonyl (C=O) groups is 1. The quantitative estimate of drug-likeness (QED) is 0.658. The van der Waals surface area contributed by atoms with Gasteiger partial charge in [-0.15, -0.1) is 0 Å². The summed E-state index contributed by atoms with van der Waals surface area (Å²) in [5.74, 6) is -0.596. The molecule has 2 aromatic carbocycles. The number of halogens is 1. The van der Waals surface area contributed by atoms with E-state index in [9.17, 15) is 4.79 Å². The van der Waals surface area contributed by atoms with Gasteiger partial charge in [0, 0.05) is 16.8 Å². The van der Waals surface area contributed by atoms with Gasteiger partial charge >= 0.3 is 5.97 Å². The molecule has 6 heteroatoms. The van der Waals surface area contributed by atoms with E-state index in [4.69, 9.17) is 21.6 Å². The summed E-state index contributed by atoms with van der Waals surface area (Å²) < 4.78 is 6.75. The average molecular weight is 352 g/mol. The van der Waals surface area contributed by atoms with Crippen molar-refractivity contribution in [2.45, 2.75) is 13.0 Å². The van der Waals surface area contributed by atoms with Crippen molar-refractivity contribution in [3.05, 3.63) is 71.4 Å². The highest BCUT2D eigenvalue weighted by Crippen LogP contribution is 2.26. The van der Waals surface area contributed by atoms with E-state index >= 15 is 0 Å². The van der Waals surface area contributed by atoms with Gasteiger partial charge in [-0.1, -0.05) is 41.9 Å². The smallest absolute Gasteiger partial charge is 0.343 e. The Bertz CT molecular complexity index is 928. The van der Waals surface area contributed by atoms with Gasteiger partial charge in [0.2, 0.25) is 0 Å². The number of nitrogens with zero attached hydrogens (tertiary/aromatic N) is 3. The first-order chi connectivity index (χ1) is 12.1. The van der Waals surface area contributed by atoms with Gasteiger partial charge in [-0.05, 0) is 31.2 Å². The molecule has 3 rings (SSSR count). The summed E-state index contributed by atoms with van der Waals surface area (Å²) in [6.07, 6.45) is 0.761. The number of esters is 1. The van der Waals surface area contributed by atoms with Gasteiger partial charge in [-0.2, -0.15) is 10.4 Å². The van der Waals surface area contributed by atoms with E-state index in [0.717, 1.165) is 11.3 Å². The maximum Gasteiger partial charge on any atom is 0.343 e. The molecular weight excluding hydrogens is 338 g/mol. The van der Waals surface area contributed by atoms with Crippen LogP contribution in [0.5, 0.6) is 0 Å². The van der Waals surface area contributed by atoms with E-state index in [0.29, 0.717) is 10.7 Å². The number of aromatic nitrogens is 2. The molecule has 1 atom stereocenters. The molecule has 25 heavy (non-hydrogen) atoms. The molecule has 0 saturated heterocycles. The van der Waals surface area contributed by atoms with Gasteiger partial charge in [0.25, 0.3) is 0 Å². The summed E-state index contributed by atoms with van der Waals surface area (Å²) in [5, 5.41) is 14.0. The fourth-order valence-electron chi connectivity index (χ4n) is 2.31. The second-order valence-electron chi connectivity index (χ2n) is 5.36. The number of hydrogen-bond acceptors (Lipinski definition) is 4. The molecule has 0 bridgehead atoms. The summed E-state index contributed by atoms with van der Waals surface area (Å²) in [6.45, 7) is 1.52. The first-order valence-corrected chi connectivity index (χ1v) is 7.98. The first-order valence-electron chi connectivity index (χ1n) is 7.60. The number of hydrogen-bond donors (Lipinski definition) is 0. The van der Waals surface area contributed by atoms with E-state index < -0.39 is 12.1 Å². The lowest BCUT2D eigenvalue weighted by Gasteiger charge is -2.05. The molecule has 0 aliphatic rings. The molecule has 0 N–H and O–H groups in total. The van der Waals surface area contributed by atoms with Gasteiger partial charge < -0.3 is 4.74 Å². The third-order valence-electron chi connectivity index (χ3n) is 3.54. The molecule has 5 nitrogen and oxygen atoms in total. The van der Waals surface area contributed by atoms with Crippen LogP contribution < -0.4 is 0 Å². The van der Waals surface area contributed by atoms with E-state index in [1.807, 2.05) is 36.4 Å². The Hall–Kier alpha value is -3.10. The third kappa shape index (κ3) is 3.70. The number of ether oxygens (including phenoxy) is 1. The van der Waals surface area contributed by atoms with Crippen LogP contribution in [0.1, 0.15) is 17.3 Å². The molecule has 1 heterocycles. The molecule has 0 amide bonds. The predicted molar refractivity (Wildman–Crippen MR) is 94.5 cm³/mol. The average Bonchev–Trinajstić information content (AvgIpc) is 3.08. The van der Waals surface area contributed by atoms with Crippen LogP contribution in [0.3, 0.4) is 0 Å². The Kier molecular flexibility index (Phi) is 4.82. The van der Waals surface area contributed by atoms with Crippen molar-refractivity contribution in [1.82, 2.24) is 9.78 Å². The van der Waals surface area contributed by atoms with Crippen molar-refractivity contribution in [2.75, 3.05) is 0 Å². The molecule has 0 saturated carbocycles. The molecule has 3 aromatic rings. The van der Waals surface area contributed by atoms with Crippen LogP contribution in [0.15, 0.2) is 60.8 Å². The largest absolute Gasteiger partial charge is 0.444 e. The van der Waals surface area contributed by atoms with Crippen LogP contribution in [0.25, 0.3) is 16.9 Å². The normalized spacial score (nSPS) is 11.6. The summed E-state index contributed by atoms with van der Waals surface area (Å²) >= 11 is 5.94. The highest BCUT2D eigenvalue weighted by Gasteiger charge is 2.21. The zero-order valence-electron chi connectivity index (χ0n) is 13.4. The van der Waals surface area contributed by atoms with Crippen LogP contribution in [0.2, 0.25) is 5.02 Å². The monoisotopic (exact) mass is 351 g/mol. The number of rotatable bonds is 4. The third-order valence-corrected chi connectivity index (χ3v) is 3.79. The topological polar surface area (TPSA) is 67.9 Å². The summed E-state index contributed by atoms with van der Waals surface area (Å²) in [6, 6.07) is 18.3. The minimum absolute atomic E-state index is 0.285. The molecule has 0 aliphatic carbocycles. The first kappa shape index (κ1) is 16.7. The highest BCUT2D eigenvalue weighted by molar-refractivity contribution is 6.30. The van der Waals surface area contributed by atoms with E-state index in [-0.39, 0.29) is 5.56 Å². The molecule has 0 fully saturated rings. The molecule has 124 valence electrons. The highest BCUT2D eigenvalue weighted by atomic mass is 35.5. The summed E-state index contributed by atoms with van der Waals surface area (Å²) in [7, 11) is 0. The van der Waals surface area contributed by atoms with Gasteiger partial charge in [-0.3, -0.25) is 0 Å². The van der Waals surface area contributed by atoms with Crippen LogP contribution in [-0.4, -0.2) is 21.9 Å². The zero-order chi connectivity index (χ0) is 17.8. The maximum atomic E-state index is 12.5. The van der Waals surface area contributed by atoms with Gasteiger partial charge in [0.15, 0.2) is 6.10 Å². The lowest BCUT2D eigenvalue weighted by Crippen LogP contribution is -2.13. The maximum absolute atomic E-state index is 12.5. The Morgan fingerprint density at radius 3 is 2.52 bits per heavy atom. The molecular formula is C19H14ClN3O2. The fraction of sp³-hybridized carbons (Fsp3) is 0.105. The Balaban J connectivity index is 2.08. The minimum atomic E-state index is -0.842. The lowest BCUT2D eigenvalue weighted by molar-refractivity contribution is 0.0436. The van der Waals surface area contributed by atoms with E-state index in [1.54, 1.807) is 35.1 Å². The van der Waals surface area contributed by atoms with Crippen molar-refractivity contribution >= 4 is 17.6 Å². The van der Waals surface area contributed by atoms with E-state index in [1.165, 1.54) is 6.92 Å². The molecule has 0 radical (unpaired) electrons. The fourth-order valence-corrected chi connectivity index (χ4v) is 2.43. The Morgan fingerprint density at radius 2 is 1.88 bits per heavy atom. The van der Waals surface area contributed by atoms with Gasteiger partial charge in [-0.25, -0.2) is 9.48 Å². The number of benzene rings is 2. The van der Waals surface area contributed by atoms with Crippen molar-refractivity contribution in [1.29, 1.82) is 5.26 Å². The number of nitriles is 1. The Morgan fingerprint density at radius 1 is 1.20 bits per heavy atom.